The lowest BCUT2D eigenvalue weighted by Gasteiger charge is -2.16. The van der Waals surface area contributed by atoms with E-state index in [-0.39, 0.29) is 5.56 Å². The van der Waals surface area contributed by atoms with Gasteiger partial charge >= 0.3 is 6.18 Å². The van der Waals surface area contributed by atoms with E-state index in [0.29, 0.717) is 16.1 Å². The molecule has 1 unspecified atom stereocenters. The maximum atomic E-state index is 12.1. The molecule has 16 heavy (non-hydrogen) atoms. The average molecular weight is 253 g/mol. The lowest BCUT2D eigenvalue weighted by Crippen LogP contribution is -2.14. The van der Waals surface area contributed by atoms with Gasteiger partial charge in [-0.2, -0.15) is 13.2 Å². The van der Waals surface area contributed by atoms with Crippen molar-refractivity contribution in [2.24, 2.45) is 0 Å². The first-order valence-electron chi connectivity index (χ1n) is 4.72. The quantitative estimate of drug-likeness (QED) is 0.845. The summed E-state index contributed by atoms with van der Waals surface area (Å²) in [4.78, 5) is 0. The fourth-order valence-electron chi connectivity index (χ4n) is 1.49. The minimum atomic E-state index is -4.38. The Bertz CT molecular complexity index is 388. The molecule has 0 amide bonds. The zero-order valence-electron chi connectivity index (χ0n) is 8.90. The van der Waals surface area contributed by atoms with Crippen molar-refractivity contribution in [2.45, 2.75) is 32.5 Å². The number of hydrogen-bond acceptors (Lipinski definition) is 1. The standard InChI is InChI=1S/C11H12ClF3O/c1-6-4-9(12)7(2)3-8(6)10(16)5-11(13,14)15/h3-4,10,16H,5H2,1-2H3. The maximum Gasteiger partial charge on any atom is 0.391 e. The number of halogens is 4. The molecule has 0 saturated heterocycles. The van der Waals surface area contributed by atoms with Crippen LogP contribution in [0.2, 0.25) is 5.02 Å². The molecule has 1 rings (SSSR count). The molecule has 0 heterocycles. The fourth-order valence-corrected chi connectivity index (χ4v) is 1.71. The van der Waals surface area contributed by atoms with Crippen molar-refractivity contribution in [2.75, 3.05) is 0 Å². The van der Waals surface area contributed by atoms with Crippen LogP contribution in [-0.4, -0.2) is 11.3 Å². The van der Waals surface area contributed by atoms with E-state index in [1.807, 2.05) is 0 Å². The third-order valence-corrected chi connectivity index (χ3v) is 2.74. The second-order valence-corrected chi connectivity index (χ2v) is 4.20. The summed E-state index contributed by atoms with van der Waals surface area (Å²) in [5, 5.41) is 9.98. The van der Waals surface area contributed by atoms with Crippen LogP contribution in [0.3, 0.4) is 0 Å². The number of alkyl halides is 3. The first-order chi connectivity index (χ1) is 7.20. The molecule has 1 N–H and O–H groups in total. The molecule has 1 atom stereocenters. The number of aryl methyl sites for hydroxylation is 2. The predicted octanol–water partition coefficient (Wildman–Crippen LogP) is 3.94. The smallest absolute Gasteiger partial charge is 0.388 e. The van der Waals surface area contributed by atoms with Crippen molar-refractivity contribution in [3.05, 3.63) is 33.8 Å². The van der Waals surface area contributed by atoms with E-state index in [4.69, 9.17) is 11.6 Å². The summed E-state index contributed by atoms with van der Waals surface area (Å²) in [7, 11) is 0. The highest BCUT2D eigenvalue weighted by atomic mass is 35.5. The van der Waals surface area contributed by atoms with Crippen LogP contribution in [0.15, 0.2) is 12.1 Å². The van der Waals surface area contributed by atoms with Gasteiger partial charge in [0.1, 0.15) is 0 Å². The fraction of sp³-hybridized carbons (Fsp3) is 0.455. The summed E-state index contributed by atoms with van der Waals surface area (Å²) in [6.07, 6.45) is -7.15. The molecule has 0 spiro atoms. The van der Waals surface area contributed by atoms with E-state index in [1.54, 1.807) is 19.9 Å². The summed E-state index contributed by atoms with van der Waals surface area (Å²) in [5.41, 5.74) is 1.50. The third kappa shape index (κ3) is 3.39. The molecule has 0 aliphatic rings. The summed E-state index contributed by atoms with van der Waals surface area (Å²) in [5.74, 6) is 0. The van der Waals surface area contributed by atoms with Crippen molar-refractivity contribution >= 4 is 11.6 Å². The molecule has 0 aromatic heterocycles. The second kappa shape index (κ2) is 4.63. The number of benzene rings is 1. The minimum Gasteiger partial charge on any atom is -0.388 e. The van der Waals surface area contributed by atoms with Gasteiger partial charge in [-0.1, -0.05) is 17.7 Å². The van der Waals surface area contributed by atoms with E-state index in [9.17, 15) is 18.3 Å². The summed E-state index contributed by atoms with van der Waals surface area (Å²) in [6, 6.07) is 3.06. The second-order valence-electron chi connectivity index (χ2n) is 3.79. The van der Waals surface area contributed by atoms with Crippen LogP contribution in [0.4, 0.5) is 13.2 Å². The largest absolute Gasteiger partial charge is 0.391 e. The molecule has 1 nitrogen and oxygen atoms in total. The van der Waals surface area contributed by atoms with Crippen molar-refractivity contribution < 1.29 is 18.3 Å². The first-order valence-corrected chi connectivity index (χ1v) is 5.10. The average Bonchev–Trinajstić information content (AvgIpc) is 2.08. The predicted molar refractivity (Wildman–Crippen MR) is 56.6 cm³/mol. The molecule has 0 bridgehead atoms. The van der Waals surface area contributed by atoms with E-state index < -0.39 is 18.7 Å². The Morgan fingerprint density at radius 2 is 1.81 bits per heavy atom. The highest BCUT2D eigenvalue weighted by Crippen LogP contribution is 2.32. The zero-order valence-corrected chi connectivity index (χ0v) is 9.65. The Morgan fingerprint density at radius 1 is 1.25 bits per heavy atom. The molecule has 0 fully saturated rings. The Kier molecular flexibility index (Phi) is 3.86. The van der Waals surface area contributed by atoms with E-state index in [1.165, 1.54) is 6.07 Å². The topological polar surface area (TPSA) is 20.2 Å². The molecule has 5 heteroatoms. The van der Waals surface area contributed by atoms with Crippen LogP contribution < -0.4 is 0 Å². The van der Waals surface area contributed by atoms with Gasteiger partial charge in [0, 0.05) is 5.02 Å². The number of hydrogen-bond donors (Lipinski definition) is 1. The van der Waals surface area contributed by atoms with Gasteiger partial charge in [0.05, 0.1) is 12.5 Å². The van der Waals surface area contributed by atoms with Gasteiger partial charge in [-0.05, 0) is 36.6 Å². The molecular formula is C11H12ClF3O. The van der Waals surface area contributed by atoms with Crippen LogP contribution in [0.1, 0.15) is 29.2 Å². The molecule has 0 saturated carbocycles. The molecule has 1 aromatic carbocycles. The zero-order chi connectivity index (χ0) is 12.5. The van der Waals surface area contributed by atoms with Gasteiger partial charge in [0.15, 0.2) is 0 Å². The summed E-state index contributed by atoms with van der Waals surface area (Å²) >= 11 is 5.82. The van der Waals surface area contributed by atoms with Gasteiger partial charge in [-0.3, -0.25) is 0 Å². The highest BCUT2D eigenvalue weighted by Gasteiger charge is 2.32. The van der Waals surface area contributed by atoms with Crippen LogP contribution >= 0.6 is 11.6 Å². The summed E-state index contributed by atoms with van der Waals surface area (Å²) in [6.45, 7) is 3.31. The van der Waals surface area contributed by atoms with Crippen molar-refractivity contribution in [1.82, 2.24) is 0 Å². The Hall–Kier alpha value is -0.740. The van der Waals surface area contributed by atoms with Crippen LogP contribution in [-0.2, 0) is 0 Å². The van der Waals surface area contributed by atoms with Crippen LogP contribution in [0.25, 0.3) is 0 Å². The molecule has 0 aliphatic heterocycles. The molecular weight excluding hydrogens is 241 g/mol. The van der Waals surface area contributed by atoms with Crippen molar-refractivity contribution in [3.8, 4) is 0 Å². The van der Waals surface area contributed by atoms with Gasteiger partial charge < -0.3 is 5.11 Å². The SMILES string of the molecule is Cc1cc(C(O)CC(F)(F)F)c(C)cc1Cl. The maximum absolute atomic E-state index is 12.1. The Morgan fingerprint density at radius 3 is 2.31 bits per heavy atom. The third-order valence-electron chi connectivity index (χ3n) is 2.33. The lowest BCUT2D eigenvalue weighted by molar-refractivity contribution is -0.154. The van der Waals surface area contributed by atoms with Crippen molar-refractivity contribution in [3.63, 3.8) is 0 Å². The first kappa shape index (κ1) is 13.3. The molecule has 0 aliphatic carbocycles. The van der Waals surface area contributed by atoms with Crippen molar-refractivity contribution in [1.29, 1.82) is 0 Å². The van der Waals surface area contributed by atoms with E-state index in [2.05, 4.69) is 0 Å². The minimum absolute atomic E-state index is 0.277. The Labute approximate surface area is 96.9 Å². The molecule has 90 valence electrons. The lowest BCUT2D eigenvalue weighted by atomic mass is 9.99. The molecule has 1 aromatic rings. The number of aliphatic hydroxyl groups excluding tert-OH is 1. The van der Waals surface area contributed by atoms with Gasteiger partial charge in [0.2, 0.25) is 0 Å². The van der Waals surface area contributed by atoms with Crippen LogP contribution in [0.5, 0.6) is 0 Å². The number of aliphatic hydroxyl groups is 1. The highest BCUT2D eigenvalue weighted by molar-refractivity contribution is 6.31. The monoisotopic (exact) mass is 252 g/mol. The molecule has 0 radical (unpaired) electrons. The van der Waals surface area contributed by atoms with E-state index >= 15 is 0 Å². The van der Waals surface area contributed by atoms with Gasteiger partial charge in [-0.15, -0.1) is 0 Å². The normalized spacial score (nSPS) is 13.9. The summed E-state index contributed by atoms with van der Waals surface area (Å²) < 4.78 is 36.4. The van der Waals surface area contributed by atoms with E-state index in [0.717, 1.165) is 0 Å². The van der Waals surface area contributed by atoms with Gasteiger partial charge in [-0.25, -0.2) is 0 Å². The number of rotatable bonds is 2. The van der Waals surface area contributed by atoms with Crippen LogP contribution in [0, 0.1) is 13.8 Å². The van der Waals surface area contributed by atoms with Gasteiger partial charge in [0.25, 0.3) is 0 Å². The Balaban J connectivity index is 3.00.